The van der Waals surface area contributed by atoms with Gasteiger partial charge in [0.15, 0.2) is 6.10 Å². The van der Waals surface area contributed by atoms with Crippen molar-refractivity contribution in [3.8, 4) is 0 Å². The van der Waals surface area contributed by atoms with Crippen LogP contribution in [0.5, 0.6) is 0 Å². The molecule has 0 spiro atoms. The Labute approximate surface area is 387 Å². The van der Waals surface area contributed by atoms with Gasteiger partial charge in [0.25, 0.3) is 0 Å². The van der Waals surface area contributed by atoms with Crippen LogP contribution in [0.25, 0.3) is 0 Å². The van der Waals surface area contributed by atoms with Gasteiger partial charge < -0.3 is 14.2 Å². The Balaban J connectivity index is 4.17. The summed E-state index contributed by atoms with van der Waals surface area (Å²) in [5, 5.41) is 0. The molecule has 0 aliphatic heterocycles. The zero-order valence-corrected chi connectivity index (χ0v) is 40.8. The molecule has 0 amide bonds. The molecule has 6 nitrogen and oxygen atoms in total. The number of hydrogen-bond donors (Lipinski definition) is 0. The van der Waals surface area contributed by atoms with E-state index in [1.165, 1.54) is 64.2 Å². The van der Waals surface area contributed by atoms with Gasteiger partial charge in [-0.25, -0.2) is 0 Å². The van der Waals surface area contributed by atoms with E-state index < -0.39 is 6.10 Å². The summed E-state index contributed by atoms with van der Waals surface area (Å²) in [6, 6.07) is 0. The van der Waals surface area contributed by atoms with Crippen molar-refractivity contribution in [2.45, 2.75) is 232 Å². The molecule has 0 fully saturated rings. The van der Waals surface area contributed by atoms with Crippen LogP contribution in [-0.2, 0) is 28.6 Å². The standard InChI is InChI=1S/C57H94O6/c1-4-7-10-13-16-18-20-21-22-23-24-25-26-27-28-29-30-31-32-33-34-35-36-37-38-40-41-44-47-50-56(59)62-53-54(52-61-55(58)49-46-43-15-12-9-6-3)63-57(60)51-48-45-42-39-19-17-14-11-8-5-2/h7,10,16,18,21-22,24-25,27-28,30-31,33-34,36-37,54H,4-6,8-9,11-15,17,19-20,23,26,29,32,35,38-53H2,1-3H3/b10-7-,18-16-,22-21-,25-24-,28-27-,31-30-,34-33-,37-36-. The molecule has 1 atom stereocenters. The van der Waals surface area contributed by atoms with Crippen LogP contribution in [0.4, 0.5) is 0 Å². The molecule has 0 heterocycles. The van der Waals surface area contributed by atoms with Gasteiger partial charge in [-0.1, -0.05) is 221 Å². The molecule has 0 aromatic carbocycles. The second-order valence-electron chi connectivity index (χ2n) is 16.7. The van der Waals surface area contributed by atoms with Gasteiger partial charge >= 0.3 is 17.9 Å². The fourth-order valence-electron chi connectivity index (χ4n) is 6.75. The maximum absolute atomic E-state index is 12.7. The van der Waals surface area contributed by atoms with Crippen molar-refractivity contribution in [2.24, 2.45) is 0 Å². The van der Waals surface area contributed by atoms with Crippen molar-refractivity contribution in [2.75, 3.05) is 13.2 Å². The molecule has 0 aliphatic rings. The van der Waals surface area contributed by atoms with Gasteiger partial charge in [0.2, 0.25) is 0 Å². The summed E-state index contributed by atoms with van der Waals surface area (Å²) in [6.07, 6.45) is 67.1. The quantitative estimate of drug-likeness (QED) is 0.0262. The SMILES string of the molecule is CC/C=C\C/C=C\C/C=C\C/C=C\C/C=C\C/C=C\C/C=C\C/C=C\CCCCCCC(=O)OCC(COC(=O)CCCCCCCC)OC(=O)CCCCCCCCCCCC. The first kappa shape index (κ1) is 59.3. The number of unbranched alkanes of at least 4 members (excludes halogenated alkanes) is 18. The summed E-state index contributed by atoms with van der Waals surface area (Å²) in [4.78, 5) is 37.6. The molecule has 0 N–H and O–H groups in total. The van der Waals surface area contributed by atoms with Crippen molar-refractivity contribution in [1.29, 1.82) is 0 Å². The molecular formula is C57H94O6. The van der Waals surface area contributed by atoms with Crippen LogP contribution in [0, 0.1) is 0 Å². The Morgan fingerprint density at radius 3 is 0.968 bits per heavy atom. The highest BCUT2D eigenvalue weighted by Crippen LogP contribution is 2.14. The van der Waals surface area contributed by atoms with Crippen molar-refractivity contribution < 1.29 is 28.6 Å². The van der Waals surface area contributed by atoms with E-state index in [2.05, 4.69) is 118 Å². The molecule has 63 heavy (non-hydrogen) atoms. The Kier molecular flexibility index (Phi) is 48.0. The van der Waals surface area contributed by atoms with E-state index in [4.69, 9.17) is 14.2 Å². The number of hydrogen-bond acceptors (Lipinski definition) is 6. The summed E-state index contributed by atoms with van der Waals surface area (Å²) in [5.74, 6) is -0.927. The van der Waals surface area contributed by atoms with Crippen LogP contribution >= 0.6 is 0 Å². The maximum atomic E-state index is 12.7. The van der Waals surface area contributed by atoms with E-state index in [0.29, 0.717) is 19.3 Å². The topological polar surface area (TPSA) is 78.9 Å². The van der Waals surface area contributed by atoms with Crippen LogP contribution < -0.4 is 0 Å². The van der Waals surface area contributed by atoms with Crippen molar-refractivity contribution >= 4 is 17.9 Å². The third-order valence-electron chi connectivity index (χ3n) is 10.6. The molecule has 0 aromatic heterocycles. The van der Waals surface area contributed by atoms with Gasteiger partial charge in [0.1, 0.15) is 13.2 Å². The summed E-state index contributed by atoms with van der Waals surface area (Å²) >= 11 is 0. The highest BCUT2D eigenvalue weighted by atomic mass is 16.6. The molecule has 6 heteroatoms. The molecule has 0 aliphatic carbocycles. The first-order valence-corrected chi connectivity index (χ1v) is 25.7. The largest absolute Gasteiger partial charge is 0.462 e. The highest BCUT2D eigenvalue weighted by Gasteiger charge is 2.19. The number of rotatable bonds is 45. The second kappa shape index (κ2) is 51.0. The molecular weight excluding hydrogens is 781 g/mol. The minimum Gasteiger partial charge on any atom is -0.462 e. The summed E-state index contributed by atoms with van der Waals surface area (Å²) < 4.78 is 16.6. The Bertz CT molecular complexity index is 1280. The first-order chi connectivity index (χ1) is 31.0. The smallest absolute Gasteiger partial charge is 0.306 e. The normalized spacial score (nSPS) is 12.9. The van der Waals surface area contributed by atoms with Crippen molar-refractivity contribution in [3.05, 3.63) is 97.2 Å². The minimum absolute atomic E-state index is 0.0848. The second-order valence-corrected chi connectivity index (χ2v) is 16.7. The van der Waals surface area contributed by atoms with Crippen LogP contribution in [0.15, 0.2) is 97.2 Å². The summed E-state index contributed by atoms with van der Waals surface area (Å²) in [6.45, 7) is 6.41. The lowest BCUT2D eigenvalue weighted by molar-refractivity contribution is -0.167. The predicted octanol–water partition coefficient (Wildman–Crippen LogP) is 17.0. The van der Waals surface area contributed by atoms with Gasteiger partial charge in [-0.05, 0) is 83.5 Å². The van der Waals surface area contributed by atoms with Crippen LogP contribution in [0.2, 0.25) is 0 Å². The predicted molar refractivity (Wildman–Crippen MR) is 270 cm³/mol. The van der Waals surface area contributed by atoms with Crippen LogP contribution in [0.3, 0.4) is 0 Å². The summed E-state index contributed by atoms with van der Waals surface area (Å²) in [5.41, 5.74) is 0. The van der Waals surface area contributed by atoms with E-state index in [1.807, 2.05) is 0 Å². The zero-order valence-electron chi connectivity index (χ0n) is 40.8. The Morgan fingerprint density at radius 1 is 0.333 bits per heavy atom. The fraction of sp³-hybridized carbons (Fsp3) is 0.667. The average molecular weight is 875 g/mol. The van der Waals surface area contributed by atoms with E-state index >= 15 is 0 Å². The van der Waals surface area contributed by atoms with Gasteiger partial charge in [0.05, 0.1) is 0 Å². The van der Waals surface area contributed by atoms with Crippen LogP contribution in [-0.4, -0.2) is 37.2 Å². The minimum atomic E-state index is -0.781. The Hall–Kier alpha value is -3.67. The van der Waals surface area contributed by atoms with Gasteiger partial charge in [-0.2, -0.15) is 0 Å². The van der Waals surface area contributed by atoms with Gasteiger partial charge in [-0.15, -0.1) is 0 Å². The van der Waals surface area contributed by atoms with Crippen molar-refractivity contribution in [1.82, 2.24) is 0 Å². The van der Waals surface area contributed by atoms with E-state index in [1.54, 1.807) is 0 Å². The molecule has 0 saturated carbocycles. The molecule has 0 aromatic rings. The molecule has 0 radical (unpaired) electrons. The van der Waals surface area contributed by atoms with Gasteiger partial charge in [0, 0.05) is 19.3 Å². The maximum Gasteiger partial charge on any atom is 0.306 e. The van der Waals surface area contributed by atoms with E-state index in [-0.39, 0.29) is 31.1 Å². The first-order valence-electron chi connectivity index (χ1n) is 25.7. The molecule has 1 unspecified atom stereocenters. The zero-order chi connectivity index (χ0) is 45.8. The highest BCUT2D eigenvalue weighted by molar-refractivity contribution is 5.71. The lowest BCUT2D eigenvalue weighted by atomic mass is 10.1. The molecule has 0 bridgehead atoms. The monoisotopic (exact) mass is 875 g/mol. The fourth-order valence-corrected chi connectivity index (χ4v) is 6.75. The lowest BCUT2D eigenvalue weighted by Crippen LogP contribution is -2.30. The number of esters is 3. The third-order valence-corrected chi connectivity index (χ3v) is 10.6. The average Bonchev–Trinajstić information content (AvgIpc) is 3.28. The number of allylic oxidation sites excluding steroid dienone is 16. The molecule has 0 saturated heterocycles. The molecule has 0 rings (SSSR count). The number of carbonyl (C=O) groups is 3. The lowest BCUT2D eigenvalue weighted by Gasteiger charge is -2.18. The number of ether oxygens (including phenoxy) is 3. The van der Waals surface area contributed by atoms with Crippen LogP contribution in [0.1, 0.15) is 226 Å². The van der Waals surface area contributed by atoms with E-state index in [0.717, 1.165) is 122 Å². The van der Waals surface area contributed by atoms with E-state index in [9.17, 15) is 14.4 Å². The van der Waals surface area contributed by atoms with Crippen molar-refractivity contribution in [3.63, 3.8) is 0 Å². The Morgan fingerprint density at radius 2 is 0.619 bits per heavy atom. The summed E-state index contributed by atoms with van der Waals surface area (Å²) in [7, 11) is 0. The van der Waals surface area contributed by atoms with Gasteiger partial charge in [-0.3, -0.25) is 14.4 Å². The third kappa shape index (κ3) is 49.2. The number of carbonyl (C=O) groups excluding carboxylic acids is 3. The molecule has 358 valence electrons.